The number of carbonyl (C=O) groups is 2. The Bertz CT molecular complexity index is 736. The highest BCUT2D eigenvalue weighted by Gasteiger charge is 2.14. The number of anilines is 2. The molecule has 0 radical (unpaired) electrons. The van der Waals surface area contributed by atoms with E-state index in [9.17, 15) is 9.59 Å². The van der Waals surface area contributed by atoms with Crippen LogP contribution < -0.4 is 10.6 Å². The number of nitrogens with one attached hydrogen (secondary N) is 2. The number of carbonyl (C=O) groups excluding carboxylic acids is 2. The molecule has 0 spiro atoms. The van der Waals surface area contributed by atoms with E-state index in [4.69, 9.17) is 0 Å². The van der Waals surface area contributed by atoms with Gasteiger partial charge >= 0.3 is 0 Å². The van der Waals surface area contributed by atoms with Crippen LogP contribution in [0.3, 0.4) is 0 Å². The summed E-state index contributed by atoms with van der Waals surface area (Å²) >= 11 is 0. The molecule has 1 aromatic heterocycles. The highest BCUT2D eigenvalue weighted by Crippen LogP contribution is 2.23. The maximum absolute atomic E-state index is 12.4. The molecule has 0 atom stereocenters. The van der Waals surface area contributed by atoms with Gasteiger partial charge in [0.25, 0.3) is 5.91 Å². The van der Waals surface area contributed by atoms with Crippen molar-refractivity contribution in [3.8, 4) is 0 Å². The number of nitrogens with zero attached hydrogens (tertiary/aromatic N) is 3. The zero-order chi connectivity index (χ0) is 17.7. The topological polar surface area (TPSA) is 79.3 Å². The molecule has 0 fully saturated rings. The fourth-order valence-corrected chi connectivity index (χ4v) is 2.19. The summed E-state index contributed by atoms with van der Waals surface area (Å²) < 4.78 is 1.69. The summed E-state index contributed by atoms with van der Waals surface area (Å²) in [6.07, 6.45) is 1.75. The highest BCUT2D eigenvalue weighted by atomic mass is 16.2. The average molecular weight is 329 g/mol. The van der Waals surface area contributed by atoms with Gasteiger partial charge < -0.3 is 15.5 Å². The fraction of sp³-hybridized carbons (Fsp3) is 0.353. The van der Waals surface area contributed by atoms with E-state index in [0.717, 1.165) is 5.56 Å². The molecule has 2 N–H and O–H groups in total. The predicted octanol–water partition coefficient (Wildman–Crippen LogP) is 1.96. The largest absolute Gasteiger partial charge is 0.323 e. The minimum Gasteiger partial charge on any atom is -0.323 e. The number of amides is 2. The van der Waals surface area contributed by atoms with Gasteiger partial charge in [-0.25, -0.2) is 0 Å². The third kappa shape index (κ3) is 4.66. The number of rotatable bonds is 6. The molecule has 7 heteroatoms. The van der Waals surface area contributed by atoms with Crippen LogP contribution in [0.2, 0.25) is 0 Å². The van der Waals surface area contributed by atoms with Crippen molar-refractivity contribution in [2.45, 2.75) is 20.4 Å². The Morgan fingerprint density at radius 1 is 1.17 bits per heavy atom. The molecule has 0 bridgehead atoms. The second kappa shape index (κ2) is 7.74. The molecule has 128 valence electrons. The van der Waals surface area contributed by atoms with Crippen LogP contribution in [0.1, 0.15) is 23.0 Å². The van der Waals surface area contributed by atoms with Crippen LogP contribution in [0.15, 0.2) is 30.5 Å². The van der Waals surface area contributed by atoms with Gasteiger partial charge in [0.1, 0.15) is 0 Å². The second-order valence-electron chi connectivity index (χ2n) is 5.85. The summed E-state index contributed by atoms with van der Waals surface area (Å²) in [6, 6.07) is 7.15. The van der Waals surface area contributed by atoms with E-state index in [1.807, 2.05) is 40.1 Å². The maximum Gasteiger partial charge on any atom is 0.276 e. The van der Waals surface area contributed by atoms with Crippen LogP contribution in [0.25, 0.3) is 0 Å². The van der Waals surface area contributed by atoms with E-state index in [1.165, 1.54) is 0 Å². The first-order valence-corrected chi connectivity index (χ1v) is 7.79. The van der Waals surface area contributed by atoms with Gasteiger partial charge in [-0.1, -0.05) is 6.07 Å². The van der Waals surface area contributed by atoms with Crippen molar-refractivity contribution in [2.75, 3.05) is 31.3 Å². The molecule has 1 heterocycles. The van der Waals surface area contributed by atoms with Crippen molar-refractivity contribution in [3.63, 3.8) is 0 Å². The van der Waals surface area contributed by atoms with Gasteiger partial charge in [0.15, 0.2) is 5.69 Å². The fourth-order valence-electron chi connectivity index (χ4n) is 2.19. The zero-order valence-electron chi connectivity index (χ0n) is 14.5. The third-order valence-electron chi connectivity index (χ3n) is 3.35. The average Bonchev–Trinajstić information content (AvgIpc) is 2.98. The van der Waals surface area contributed by atoms with Crippen LogP contribution in [-0.4, -0.2) is 47.1 Å². The highest BCUT2D eigenvalue weighted by molar-refractivity contribution is 6.06. The van der Waals surface area contributed by atoms with Crippen LogP contribution >= 0.6 is 0 Å². The maximum atomic E-state index is 12.4. The van der Waals surface area contributed by atoms with Crippen molar-refractivity contribution >= 4 is 23.2 Å². The van der Waals surface area contributed by atoms with E-state index >= 15 is 0 Å². The number of likely N-dealkylation sites (N-methyl/N-ethyl adjacent to an activating group) is 1. The van der Waals surface area contributed by atoms with E-state index in [1.54, 1.807) is 27.9 Å². The second-order valence-corrected chi connectivity index (χ2v) is 5.85. The van der Waals surface area contributed by atoms with E-state index < -0.39 is 0 Å². The van der Waals surface area contributed by atoms with E-state index in [-0.39, 0.29) is 18.4 Å². The molecule has 0 saturated carbocycles. The molecule has 2 rings (SSSR count). The van der Waals surface area contributed by atoms with Gasteiger partial charge in [-0.05, 0) is 51.7 Å². The molecule has 0 aliphatic heterocycles. The molecular weight excluding hydrogens is 306 g/mol. The molecular formula is C17H23N5O2. The minimum atomic E-state index is -0.309. The van der Waals surface area contributed by atoms with Gasteiger partial charge in [0.05, 0.1) is 17.9 Å². The Hall–Kier alpha value is -2.67. The standard InChI is InChI=1S/C17H23N5O2/c1-5-22-9-8-14(20-22)17(24)19-15-10-12(2)6-7-13(15)18-16(23)11-21(3)4/h6-10H,5,11H2,1-4H3,(H,18,23)(H,19,24). The zero-order valence-corrected chi connectivity index (χ0v) is 14.5. The van der Waals surface area contributed by atoms with Crippen LogP contribution in [0.4, 0.5) is 11.4 Å². The molecule has 1 aromatic carbocycles. The van der Waals surface area contributed by atoms with Crippen molar-refractivity contribution in [3.05, 3.63) is 41.7 Å². The monoisotopic (exact) mass is 329 g/mol. The van der Waals surface area contributed by atoms with Gasteiger partial charge in [0.2, 0.25) is 5.91 Å². The number of aromatic nitrogens is 2. The Labute approximate surface area is 141 Å². The van der Waals surface area contributed by atoms with Gasteiger partial charge in [-0.2, -0.15) is 5.10 Å². The SMILES string of the molecule is CCn1ccc(C(=O)Nc2cc(C)ccc2NC(=O)CN(C)C)n1. The van der Waals surface area contributed by atoms with E-state index in [2.05, 4.69) is 15.7 Å². The van der Waals surface area contributed by atoms with Crippen LogP contribution in [-0.2, 0) is 11.3 Å². The molecule has 0 aliphatic carbocycles. The Balaban J connectivity index is 2.17. The first kappa shape index (κ1) is 17.7. The minimum absolute atomic E-state index is 0.144. The Kier molecular flexibility index (Phi) is 5.70. The quantitative estimate of drug-likeness (QED) is 0.849. The van der Waals surface area contributed by atoms with Gasteiger partial charge in [0, 0.05) is 12.7 Å². The van der Waals surface area contributed by atoms with Crippen molar-refractivity contribution < 1.29 is 9.59 Å². The molecule has 2 amide bonds. The van der Waals surface area contributed by atoms with Gasteiger partial charge in [-0.15, -0.1) is 0 Å². The summed E-state index contributed by atoms with van der Waals surface area (Å²) in [4.78, 5) is 26.1. The Morgan fingerprint density at radius 2 is 1.92 bits per heavy atom. The lowest BCUT2D eigenvalue weighted by Gasteiger charge is -2.14. The first-order valence-electron chi connectivity index (χ1n) is 7.79. The van der Waals surface area contributed by atoms with Gasteiger partial charge in [-0.3, -0.25) is 14.3 Å². The number of aryl methyl sites for hydroxylation is 2. The normalized spacial score (nSPS) is 10.7. The first-order chi connectivity index (χ1) is 11.4. The predicted molar refractivity (Wildman–Crippen MR) is 94.2 cm³/mol. The lowest BCUT2D eigenvalue weighted by molar-refractivity contribution is -0.116. The summed E-state index contributed by atoms with van der Waals surface area (Å²) in [6.45, 7) is 4.84. The smallest absolute Gasteiger partial charge is 0.276 e. The number of hydrogen-bond donors (Lipinski definition) is 2. The van der Waals surface area contributed by atoms with Crippen molar-refractivity contribution in [1.82, 2.24) is 14.7 Å². The molecule has 24 heavy (non-hydrogen) atoms. The number of benzene rings is 1. The van der Waals surface area contributed by atoms with Crippen molar-refractivity contribution in [2.24, 2.45) is 0 Å². The van der Waals surface area contributed by atoms with Crippen LogP contribution in [0.5, 0.6) is 0 Å². The Morgan fingerprint density at radius 3 is 2.54 bits per heavy atom. The molecule has 7 nitrogen and oxygen atoms in total. The summed E-state index contributed by atoms with van der Waals surface area (Å²) in [5.74, 6) is -0.453. The lowest BCUT2D eigenvalue weighted by atomic mass is 10.2. The lowest BCUT2D eigenvalue weighted by Crippen LogP contribution is -2.27. The van der Waals surface area contributed by atoms with E-state index in [0.29, 0.717) is 23.6 Å². The number of hydrogen-bond acceptors (Lipinski definition) is 4. The van der Waals surface area contributed by atoms with Crippen LogP contribution in [0, 0.1) is 6.92 Å². The third-order valence-corrected chi connectivity index (χ3v) is 3.35. The van der Waals surface area contributed by atoms with Crippen molar-refractivity contribution in [1.29, 1.82) is 0 Å². The summed E-state index contributed by atoms with van der Waals surface area (Å²) in [7, 11) is 3.64. The molecule has 2 aromatic rings. The molecule has 0 aliphatic rings. The molecule has 0 saturated heterocycles. The summed E-state index contributed by atoms with van der Waals surface area (Å²) in [5, 5.41) is 9.83. The summed E-state index contributed by atoms with van der Waals surface area (Å²) in [5.41, 5.74) is 2.44. The molecule has 0 unspecified atom stereocenters.